The van der Waals surface area contributed by atoms with Crippen LogP contribution in [0.25, 0.3) is 0 Å². The topological polar surface area (TPSA) is 40.1 Å². The van der Waals surface area contributed by atoms with E-state index in [0.717, 1.165) is 58.1 Å². The van der Waals surface area contributed by atoms with Gasteiger partial charge in [-0.05, 0) is 63.7 Å². The first-order chi connectivity index (χ1) is 14.3. The molecular weight excluding hydrogens is 360 g/mol. The van der Waals surface area contributed by atoms with Crippen molar-refractivity contribution in [2.75, 3.05) is 39.3 Å². The van der Waals surface area contributed by atoms with Gasteiger partial charge >= 0.3 is 0 Å². The minimum Gasteiger partial charge on any atom is -0.378 e. The van der Waals surface area contributed by atoms with E-state index in [2.05, 4.69) is 53.2 Å². The molecule has 0 radical (unpaired) electrons. The van der Waals surface area contributed by atoms with Crippen molar-refractivity contribution in [3.05, 3.63) is 35.4 Å². The molecule has 2 saturated heterocycles. The summed E-state index contributed by atoms with van der Waals surface area (Å²) < 4.78 is 5.78. The second-order valence-corrected chi connectivity index (χ2v) is 8.32. The number of rotatable bonds is 7. The summed E-state index contributed by atoms with van der Waals surface area (Å²) in [5.74, 6) is 1.04. The molecule has 2 aliphatic heterocycles. The van der Waals surface area contributed by atoms with Crippen molar-refractivity contribution >= 4 is 5.96 Å². The molecule has 2 heterocycles. The predicted octanol–water partition coefficient (Wildman–Crippen LogP) is 4.03. The lowest BCUT2D eigenvalue weighted by atomic mass is 10.1. The first-order valence-corrected chi connectivity index (χ1v) is 11.7. The van der Waals surface area contributed by atoms with Gasteiger partial charge in [0, 0.05) is 32.8 Å². The number of hydrogen-bond acceptors (Lipinski definition) is 3. The van der Waals surface area contributed by atoms with E-state index in [-0.39, 0.29) is 0 Å². The molecule has 162 valence electrons. The summed E-state index contributed by atoms with van der Waals surface area (Å²) in [6, 6.07) is 9.08. The van der Waals surface area contributed by atoms with Gasteiger partial charge in [-0.2, -0.15) is 0 Å². The Hall–Kier alpha value is -1.59. The molecule has 1 N–H and O–H groups in total. The Morgan fingerprint density at radius 1 is 0.966 bits per heavy atom. The van der Waals surface area contributed by atoms with Crippen LogP contribution < -0.4 is 5.32 Å². The number of aliphatic imine (C=N–C) groups is 1. The van der Waals surface area contributed by atoms with Gasteiger partial charge in [-0.25, -0.2) is 4.99 Å². The van der Waals surface area contributed by atoms with Crippen molar-refractivity contribution < 1.29 is 4.74 Å². The van der Waals surface area contributed by atoms with Crippen LogP contribution in [0.4, 0.5) is 0 Å². The minimum atomic E-state index is 0.413. The van der Waals surface area contributed by atoms with Crippen molar-refractivity contribution in [2.24, 2.45) is 4.99 Å². The van der Waals surface area contributed by atoms with Gasteiger partial charge in [-0.1, -0.05) is 37.1 Å². The predicted molar refractivity (Wildman–Crippen MR) is 121 cm³/mol. The molecule has 0 saturated carbocycles. The molecule has 0 aromatic heterocycles. The second kappa shape index (κ2) is 12.2. The maximum Gasteiger partial charge on any atom is 0.194 e. The fraction of sp³-hybridized carbons (Fsp3) is 0.708. The van der Waals surface area contributed by atoms with Crippen LogP contribution in [0, 0.1) is 0 Å². The lowest BCUT2D eigenvalue weighted by Gasteiger charge is -2.34. The highest BCUT2D eigenvalue weighted by Crippen LogP contribution is 2.16. The number of likely N-dealkylation sites (tertiary alicyclic amines) is 2. The van der Waals surface area contributed by atoms with Crippen LogP contribution >= 0.6 is 0 Å². The zero-order valence-corrected chi connectivity index (χ0v) is 18.5. The van der Waals surface area contributed by atoms with E-state index in [1.807, 2.05) is 0 Å². The van der Waals surface area contributed by atoms with E-state index in [9.17, 15) is 0 Å². The summed E-state index contributed by atoms with van der Waals surface area (Å²) >= 11 is 0. The van der Waals surface area contributed by atoms with Gasteiger partial charge in [0.15, 0.2) is 5.96 Å². The zero-order valence-electron chi connectivity index (χ0n) is 18.5. The highest BCUT2D eigenvalue weighted by Gasteiger charge is 2.21. The monoisotopic (exact) mass is 400 g/mol. The SMILES string of the molecule is CCNC(=NCc1ccc(CN2CCCCCC2)cc1)N1CCC(OCC)CC1. The molecule has 0 amide bonds. The molecule has 2 fully saturated rings. The molecule has 2 aliphatic rings. The van der Waals surface area contributed by atoms with Crippen LogP contribution in [0.5, 0.6) is 0 Å². The fourth-order valence-electron chi connectivity index (χ4n) is 4.36. The Morgan fingerprint density at radius 3 is 2.24 bits per heavy atom. The van der Waals surface area contributed by atoms with Gasteiger partial charge in [0.05, 0.1) is 12.6 Å². The summed E-state index contributed by atoms with van der Waals surface area (Å²) in [6.45, 7) is 12.3. The number of guanidine groups is 1. The number of hydrogen-bond donors (Lipinski definition) is 1. The molecule has 0 bridgehead atoms. The number of nitrogens with zero attached hydrogens (tertiary/aromatic N) is 3. The van der Waals surface area contributed by atoms with Crippen LogP contribution in [-0.2, 0) is 17.8 Å². The van der Waals surface area contributed by atoms with E-state index in [0.29, 0.717) is 6.10 Å². The van der Waals surface area contributed by atoms with E-state index in [1.165, 1.54) is 49.9 Å². The smallest absolute Gasteiger partial charge is 0.194 e. The summed E-state index contributed by atoms with van der Waals surface area (Å²) in [4.78, 5) is 9.90. The molecule has 3 rings (SSSR count). The number of piperidine rings is 1. The molecule has 0 spiro atoms. The zero-order chi connectivity index (χ0) is 20.3. The van der Waals surface area contributed by atoms with Gasteiger partial charge in [0.2, 0.25) is 0 Å². The first kappa shape index (κ1) is 22.1. The fourth-order valence-corrected chi connectivity index (χ4v) is 4.36. The molecule has 0 atom stereocenters. The Bertz CT molecular complexity index is 600. The van der Waals surface area contributed by atoms with E-state index in [1.54, 1.807) is 0 Å². The van der Waals surface area contributed by atoms with Crippen LogP contribution in [0.2, 0.25) is 0 Å². The molecule has 0 unspecified atom stereocenters. The van der Waals surface area contributed by atoms with Crippen molar-refractivity contribution in [3.63, 3.8) is 0 Å². The van der Waals surface area contributed by atoms with Crippen molar-refractivity contribution in [1.29, 1.82) is 0 Å². The minimum absolute atomic E-state index is 0.413. The number of nitrogens with one attached hydrogen (secondary N) is 1. The maximum atomic E-state index is 5.78. The highest BCUT2D eigenvalue weighted by molar-refractivity contribution is 5.80. The third-order valence-corrected chi connectivity index (χ3v) is 6.02. The number of ether oxygens (including phenoxy) is 1. The summed E-state index contributed by atoms with van der Waals surface area (Å²) in [6.07, 6.45) is 8.07. The van der Waals surface area contributed by atoms with Gasteiger partial charge in [-0.15, -0.1) is 0 Å². The summed E-state index contributed by atoms with van der Waals surface area (Å²) in [5, 5.41) is 3.47. The van der Waals surface area contributed by atoms with E-state index >= 15 is 0 Å². The summed E-state index contributed by atoms with van der Waals surface area (Å²) in [5.41, 5.74) is 2.70. The molecular formula is C24H40N4O. The van der Waals surface area contributed by atoms with Gasteiger partial charge < -0.3 is 15.0 Å². The maximum absolute atomic E-state index is 5.78. The lowest BCUT2D eigenvalue weighted by molar-refractivity contribution is 0.0263. The van der Waals surface area contributed by atoms with Crippen LogP contribution in [0.15, 0.2) is 29.3 Å². The second-order valence-electron chi connectivity index (χ2n) is 8.32. The molecule has 1 aromatic rings. The van der Waals surface area contributed by atoms with Gasteiger partial charge in [0.25, 0.3) is 0 Å². The van der Waals surface area contributed by atoms with Crippen molar-refractivity contribution in [1.82, 2.24) is 15.1 Å². The van der Waals surface area contributed by atoms with Crippen LogP contribution in [0.3, 0.4) is 0 Å². The standard InChI is InChI=1S/C24H40N4O/c1-3-25-24(28-17-13-23(14-18-28)29-4-2)26-19-21-9-11-22(12-10-21)20-27-15-7-5-6-8-16-27/h9-12,23H,3-8,13-20H2,1-2H3,(H,25,26). The largest absolute Gasteiger partial charge is 0.378 e. The van der Waals surface area contributed by atoms with Crippen LogP contribution in [0.1, 0.15) is 63.5 Å². The Labute approximate surface area is 177 Å². The molecule has 29 heavy (non-hydrogen) atoms. The molecule has 1 aromatic carbocycles. The van der Waals surface area contributed by atoms with Crippen LogP contribution in [-0.4, -0.2) is 61.2 Å². The normalized spacial score (nSPS) is 19.9. The lowest BCUT2D eigenvalue weighted by Crippen LogP contribution is -2.47. The molecule has 5 nitrogen and oxygen atoms in total. The average molecular weight is 401 g/mol. The van der Waals surface area contributed by atoms with E-state index in [4.69, 9.17) is 9.73 Å². The summed E-state index contributed by atoms with van der Waals surface area (Å²) in [7, 11) is 0. The van der Waals surface area contributed by atoms with E-state index < -0.39 is 0 Å². The number of benzene rings is 1. The molecule has 0 aliphatic carbocycles. The Balaban J connectivity index is 1.52. The Morgan fingerprint density at radius 2 is 1.62 bits per heavy atom. The van der Waals surface area contributed by atoms with Gasteiger partial charge in [-0.3, -0.25) is 4.90 Å². The first-order valence-electron chi connectivity index (χ1n) is 11.7. The average Bonchev–Trinajstić information content (AvgIpc) is 3.02. The van der Waals surface area contributed by atoms with Crippen molar-refractivity contribution in [2.45, 2.75) is 71.6 Å². The van der Waals surface area contributed by atoms with Crippen molar-refractivity contribution in [3.8, 4) is 0 Å². The third kappa shape index (κ3) is 7.31. The van der Waals surface area contributed by atoms with Gasteiger partial charge in [0.1, 0.15) is 0 Å². The highest BCUT2D eigenvalue weighted by atomic mass is 16.5. The third-order valence-electron chi connectivity index (χ3n) is 6.02. The Kier molecular flexibility index (Phi) is 9.29. The quantitative estimate of drug-likeness (QED) is 0.554. The molecule has 5 heteroatoms.